The molecule has 2 aromatic heterocycles. The highest BCUT2D eigenvalue weighted by atomic mass is 127. The fourth-order valence-corrected chi connectivity index (χ4v) is 3.57. The number of thiazole rings is 1. The van der Waals surface area contributed by atoms with Crippen molar-refractivity contribution in [3.05, 3.63) is 34.0 Å². The molecule has 3 rings (SSSR count). The molecule has 1 aliphatic heterocycles. The molecule has 1 N–H and O–H groups in total. The first-order valence-electron chi connectivity index (χ1n) is 8.12. The third-order valence-corrected chi connectivity index (χ3v) is 4.94. The van der Waals surface area contributed by atoms with E-state index in [0.29, 0.717) is 6.61 Å². The lowest BCUT2D eigenvalue weighted by molar-refractivity contribution is -0.00800. The minimum atomic E-state index is 0. The van der Waals surface area contributed by atoms with Gasteiger partial charge in [-0.25, -0.2) is 4.98 Å². The van der Waals surface area contributed by atoms with E-state index in [9.17, 15) is 0 Å². The molecule has 1 fully saturated rings. The van der Waals surface area contributed by atoms with Crippen LogP contribution >= 0.6 is 35.3 Å². The largest absolute Gasteiger partial charge is 0.370 e. The van der Waals surface area contributed by atoms with E-state index >= 15 is 0 Å². The molecule has 138 valence electrons. The Balaban J connectivity index is 0.00000225. The number of aliphatic imine (C=N–C) groups is 1. The molecule has 3 heterocycles. The molecule has 2 aromatic rings. The van der Waals surface area contributed by atoms with Crippen LogP contribution in [0.1, 0.15) is 21.6 Å². The lowest BCUT2D eigenvalue weighted by atomic mass is 10.1. The Bertz CT molecular complexity index is 700. The molecule has 0 amide bonds. The van der Waals surface area contributed by atoms with Crippen LogP contribution in [0.5, 0.6) is 0 Å². The van der Waals surface area contributed by atoms with Crippen LogP contribution in [0.25, 0.3) is 0 Å². The Labute approximate surface area is 169 Å². The maximum absolute atomic E-state index is 5.89. The summed E-state index contributed by atoms with van der Waals surface area (Å²) in [5.41, 5.74) is 1.11. The predicted octanol–water partition coefficient (Wildman–Crippen LogP) is 1.99. The number of nitrogens with zero attached hydrogens (tertiary/aromatic N) is 5. The molecule has 0 saturated carbocycles. The molecule has 0 spiro atoms. The lowest BCUT2D eigenvalue weighted by Gasteiger charge is -2.34. The van der Waals surface area contributed by atoms with Gasteiger partial charge >= 0.3 is 0 Å². The molecule has 25 heavy (non-hydrogen) atoms. The van der Waals surface area contributed by atoms with E-state index in [2.05, 4.69) is 32.2 Å². The summed E-state index contributed by atoms with van der Waals surface area (Å²) in [6, 6.07) is 0. The number of guanidine groups is 1. The molecule has 0 aromatic carbocycles. The number of morpholine rings is 1. The number of ether oxygens (including phenoxy) is 1. The topological polar surface area (TPSA) is 67.6 Å². The van der Waals surface area contributed by atoms with Gasteiger partial charge in [-0.1, -0.05) is 0 Å². The standard InChI is InChI=1S/C16H24N6OS.HI/c1-12-8-19-15(24-12)4-5-18-16(17-2)22-6-7-23-14(11-22)13-9-20-21(3)10-13;/h8-10,14H,4-7,11H2,1-3H3,(H,17,18);1H. The third-order valence-electron chi connectivity index (χ3n) is 3.97. The minimum absolute atomic E-state index is 0. The van der Waals surface area contributed by atoms with E-state index in [0.717, 1.165) is 42.6 Å². The van der Waals surface area contributed by atoms with Gasteiger partial charge in [-0.15, -0.1) is 35.3 Å². The van der Waals surface area contributed by atoms with Gasteiger partial charge in [0.2, 0.25) is 0 Å². The number of aromatic nitrogens is 3. The van der Waals surface area contributed by atoms with Crippen molar-refractivity contribution in [1.82, 2.24) is 25.0 Å². The van der Waals surface area contributed by atoms with Crippen LogP contribution in [0.15, 0.2) is 23.6 Å². The van der Waals surface area contributed by atoms with Gasteiger partial charge in [0, 0.05) is 56.4 Å². The van der Waals surface area contributed by atoms with Gasteiger partial charge in [0.15, 0.2) is 5.96 Å². The first kappa shape index (κ1) is 20.1. The predicted molar refractivity (Wildman–Crippen MR) is 111 cm³/mol. The minimum Gasteiger partial charge on any atom is -0.370 e. The number of hydrogen-bond donors (Lipinski definition) is 1. The molecule has 0 bridgehead atoms. The lowest BCUT2D eigenvalue weighted by Crippen LogP contribution is -2.48. The second kappa shape index (κ2) is 9.48. The SMILES string of the molecule is CN=C(NCCc1ncc(C)s1)N1CCOC(c2cnn(C)c2)C1.I. The molecule has 7 nitrogen and oxygen atoms in total. The highest BCUT2D eigenvalue weighted by Crippen LogP contribution is 2.21. The highest BCUT2D eigenvalue weighted by Gasteiger charge is 2.25. The van der Waals surface area contributed by atoms with Crippen LogP contribution in [-0.2, 0) is 18.2 Å². The Morgan fingerprint density at radius 1 is 1.48 bits per heavy atom. The van der Waals surface area contributed by atoms with Crippen LogP contribution in [0, 0.1) is 6.92 Å². The van der Waals surface area contributed by atoms with Crippen molar-refractivity contribution in [3.8, 4) is 0 Å². The maximum atomic E-state index is 5.89. The Kier molecular flexibility index (Phi) is 7.63. The van der Waals surface area contributed by atoms with Gasteiger partial charge in [0.05, 0.1) is 24.4 Å². The average Bonchev–Trinajstić information content (AvgIpc) is 3.20. The molecule has 9 heteroatoms. The van der Waals surface area contributed by atoms with Crippen LogP contribution < -0.4 is 5.32 Å². The van der Waals surface area contributed by atoms with Crippen molar-refractivity contribution < 1.29 is 4.74 Å². The average molecular weight is 476 g/mol. The smallest absolute Gasteiger partial charge is 0.193 e. The van der Waals surface area contributed by atoms with Crippen LogP contribution in [0.2, 0.25) is 0 Å². The van der Waals surface area contributed by atoms with Gasteiger partial charge in [-0.2, -0.15) is 5.10 Å². The zero-order valence-electron chi connectivity index (χ0n) is 14.8. The zero-order valence-corrected chi connectivity index (χ0v) is 18.0. The molecule has 0 radical (unpaired) electrons. The van der Waals surface area contributed by atoms with E-state index in [-0.39, 0.29) is 30.1 Å². The highest BCUT2D eigenvalue weighted by molar-refractivity contribution is 14.0. The van der Waals surface area contributed by atoms with Crippen molar-refractivity contribution in [3.63, 3.8) is 0 Å². The first-order chi connectivity index (χ1) is 11.7. The zero-order chi connectivity index (χ0) is 16.9. The van der Waals surface area contributed by atoms with Gasteiger partial charge in [0.25, 0.3) is 0 Å². The molecular weight excluding hydrogens is 451 g/mol. The summed E-state index contributed by atoms with van der Waals surface area (Å²) in [5.74, 6) is 0.917. The summed E-state index contributed by atoms with van der Waals surface area (Å²) < 4.78 is 7.70. The van der Waals surface area contributed by atoms with Crippen molar-refractivity contribution >= 4 is 41.3 Å². The second-order valence-corrected chi connectivity index (χ2v) is 7.16. The normalized spacial score (nSPS) is 18.1. The summed E-state index contributed by atoms with van der Waals surface area (Å²) in [7, 11) is 3.75. The third kappa shape index (κ3) is 5.38. The summed E-state index contributed by atoms with van der Waals surface area (Å²) in [6.45, 7) is 5.22. The number of halogens is 1. The monoisotopic (exact) mass is 476 g/mol. The summed E-state index contributed by atoms with van der Waals surface area (Å²) in [5, 5.41) is 8.83. The van der Waals surface area contributed by atoms with Gasteiger partial charge in [0.1, 0.15) is 6.10 Å². The van der Waals surface area contributed by atoms with Gasteiger partial charge in [-0.3, -0.25) is 9.67 Å². The van der Waals surface area contributed by atoms with E-state index in [1.54, 1.807) is 16.0 Å². The maximum Gasteiger partial charge on any atom is 0.193 e. The van der Waals surface area contributed by atoms with Gasteiger partial charge < -0.3 is 15.0 Å². The van der Waals surface area contributed by atoms with E-state index in [1.807, 2.05) is 32.7 Å². The number of nitrogens with one attached hydrogen (secondary N) is 1. The number of aryl methyl sites for hydroxylation is 2. The van der Waals surface area contributed by atoms with Crippen LogP contribution in [0.4, 0.5) is 0 Å². The second-order valence-electron chi connectivity index (χ2n) is 5.84. The Morgan fingerprint density at radius 3 is 2.96 bits per heavy atom. The van der Waals surface area contributed by atoms with Crippen LogP contribution in [-0.4, -0.2) is 58.9 Å². The van der Waals surface area contributed by atoms with E-state index in [4.69, 9.17) is 4.74 Å². The van der Waals surface area contributed by atoms with E-state index < -0.39 is 0 Å². The molecule has 1 atom stereocenters. The quantitative estimate of drug-likeness (QED) is 0.416. The molecular formula is C16H25IN6OS. The number of rotatable bonds is 4. The summed E-state index contributed by atoms with van der Waals surface area (Å²) >= 11 is 1.75. The van der Waals surface area contributed by atoms with Crippen molar-refractivity contribution in [2.75, 3.05) is 33.3 Å². The molecule has 0 aliphatic carbocycles. The Morgan fingerprint density at radius 2 is 2.32 bits per heavy atom. The van der Waals surface area contributed by atoms with Crippen LogP contribution in [0.3, 0.4) is 0 Å². The summed E-state index contributed by atoms with van der Waals surface area (Å²) in [6.07, 6.45) is 6.75. The molecule has 1 saturated heterocycles. The summed E-state index contributed by atoms with van der Waals surface area (Å²) in [4.78, 5) is 12.3. The fourth-order valence-electron chi connectivity index (χ4n) is 2.78. The first-order valence-corrected chi connectivity index (χ1v) is 8.94. The van der Waals surface area contributed by atoms with Crippen molar-refractivity contribution in [2.45, 2.75) is 19.4 Å². The molecule has 1 aliphatic rings. The van der Waals surface area contributed by atoms with Crippen molar-refractivity contribution in [1.29, 1.82) is 0 Å². The Hall–Kier alpha value is -1.20. The fraction of sp³-hybridized carbons (Fsp3) is 0.562. The van der Waals surface area contributed by atoms with E-state index in [1.165, 1.54) is 4.88 Å². The number of hydrogen-bond acceptors (Lipinski definition) is 5. The van der Waals surface area contributed by atoms with Crippen molar-refractivity contribution in [2.24, 2.45) is 12.0 Å². The van der Waals surface area contributed by atoms with Gasteiger partial charge in [-0.05, 0) is 6.92 Å². The molecule has 1 unspecified atom stereocenters.